The van der Waals surface area contributed by atoms with Crippen LogP contribution in [0.15, 0.2) is 30.3 Å². The first-order valence-corrected chi connectivity index (χ1v) is 7.81. The van der Waals surface area contributed by atoms with E-state index in [9.17, 15) is 0 Å². The molecule has 112 valence electrons. The van der Waals surface area contributed by atoms with Gasteiger partial charge in [0, 0.05) is 38.3 Å². The van der Waals surface area contributed by atoms with E-state index in [-0.39, 0.29) is 0 Å². The van der Waals surface area contributed by atoms with Crippen LogP contribution in [0.3, 0.4) is 0 Å². The van der Waals surface area contributed by atoms with Crippen LogP contribution >= 0.6 is 0 Å². The first kappa shape index (κ1) is 15.5. The zero-order valence-electron chi connectivity index (χ0n) is 13.1. The van der Waals surface area contributed by atoms with Crippen LogP contribution in [0.4, 0.5) is 0 Å². The number of hydrogen-bond acceptors (Lipinski definition) is 3. The summed E-state index contributed by atoms with van der Waals surface area (Å²) in [5.41, 5.74) is 7.48. The zero-order valence-corrected chi connectivity index (χ0v) is 13.1. The summed E-state index contributed by atoms with van der Waals surface area (Å²) in [6, 6.07) is 11.9. The van der Waals surface area contributed by atoms with E-state index < -0.39 is 0 Å². The van der Waals surface area contributed by atoms with Crippen LogP contribution in [0, 0.1) is 0 Å². The Labute approximate surface area is 123 Å². The summed E-state index contributed by atoms with van der Waals surface area (Å²) >= 11 is 0. The van der Waals surface area contributed by atoms with Gasteiger partial charge in [-0.3, -0.25) is 4.90 Å². The maximum absolute atomic E-state index is 6.05. The van der Waals surface area contributed by atoms with E-state index in [4.69, 9.17) is 5.73 Å². The highest BCUT2D eigenvalue weighted by atomic mass is 15.3. The lowest BCUT2D eigenvalue weighted by Gasteiger charge is -2.42. The monoisotopic (exact) mass is 275 g/mol. The Kier molecular flexibility index (Phi) is 5.58. The van der Waals surface area contributed by atoms with Crippen LogP contribution in [-0.2, 0) is 0 Å². The topological polar surface area (TPSA) is 32.5 Å². The minimum absolute atomic E-state index is 0.501. The standard InChI is InChI=1S/C17H29N3/c1-14(16-7-5-4-6-8-16)11-17(12-18)20-10-9-19(3)15(2)13-20/h4-8,14-15,17H,9-13,18H2,1-3H3. The fraction of sp³-hybridized carbons (Fsp3) is 0.647. The molecule has 1 aliphatic heterocycles. The fourth-order valence-corrected chi connectivity index (χ4v) is 3.13. The molecule has 2 rings (SSSR count). The lowest BCUT2D eigenvalue weighted by molar-refractivity contribution is 0.0692. The summed E-state index contributed by atoms with van der Waals surface area (Å²) in [5, 5.41) is 0. The minimum Gasteiger partial charge on any atom is -0.329 e. The highest BCUT2D eigenvalue weighted by molar-refractivity contribution is 5.19. The summed E-state index contributed by atoms with van der Waals surface area (Å²) < 4.78 is 0. The molecule has 0 radical (unpaired) electrons. The molecule has 1 heterocycles. The Bertz CT molecular complexity index is 392. The minimum atomic E-state index is 0.501. The quantitative estimate of drug-likeness (QED) is 0.893. The van der Waals surface area contributed by atoms with Gasteiger partial charge in [0.15, 0.2) is 0 Å². The van der Waals surface area contributed by atoms with Crippen LogP contribution in [0.2, 0.25) is 0 Å². The van der Waals surface area contributed by atoms with Gasteiger partial charge < -0.3 is 10.6 Å². The number of hydrogen-bond donors (Lipinski definition) is 1. The Morgan fingerprint density at radius 3 is 2.55 bits per heavy atom. The molecule has 1 aliphatic rings. The van der Waals surface area contributed by atoms with E-state index in [0.29, 0.717) is 18.0 Å². The molecule has 20 heavy (non-hydrogen) atoms. The number of rotatable bonds is 5. The van der Waals surface area contributed by atoms with Crippen LogP contribution in [0.25, 0.3) is 0 Å². The molecule has 2 N–H and O–H groups in total. The van der Waals surface area contributed by atoms with Crippen molar-refractivity contribution in [1.82, 2.24) is 9.80 Å². The molecule has 1 aromatic carbocycles. The predicted molar refractivity (Wildman–Crippen MR) is 86.0 cm³/mol. The Hall–Kier alpha value is -0.900. The van der Waals surface area contributed by atoms with Crippen LogP contribution in [0.5, 0.6) is 0 Å². The molecule has 0 amide bonds. The van der Waals surface area contributed by atoms with Gasteiger partial charge in [0.1, 0.15) is 0 Å². The van der Waals surface area contributed by atoms with Crippen LogP contribution in [0.1, 0.15) is 31.7 Å². The van der Waals surface area contributed by atoms with Gasteiger partial charge in [-0.25, -0.2) is 0 Å². The normalized spacial score (nSPS) is 24.5. The third kappa shape index (κ3) is 3.81. The predicted octanol–water partition coefficient (Wildman–Crippen LogP) is 2.14. The smallest absolute Gasteiger partial charge is 0.0225 e. The third-order valence-electron chi connectivity index (χ3n) is 4.77. The molecule has 0 aromatic heterocycles. The van der Waals surface area contributed by atoms with E-state index in [1.165, 1.54) is 5.56 Å². The van der Waals surface area contributed by atoms with Crippen LogP contribution < -0.4 is 5.73 Å². The van der Waals surface area contributed by atoms with E-state index >= 15 is 0 Å². The second-order valence-electron chi connectivity index (χ2n) is 6.26. The third-order valence-corrected chi connectivity index (χ3v) is 4.77. The van der Waals surface area contributed by atoms with Gasteiger partial charge in [-0.05, 0) is 31.9 Å². The van der Waals surface area contributed by atoms with Gasteiger partial charge in [-0.2, -0.15) is 0 Å². The van der Waals surface area contributed by atoms with Gasteiger partial charge in [-0.15, -0.1) is 0 Å². The molecule has 3 atom stereocenters. The number of benzene rings is 1. The summed E-state index contributed by atoms with van der Waals surface area (Å²) in [6.45, 7) is 8.81. The molecule has 0 spiro atoms. The summed E-state index contributed by atoms with van der Waals surface area (Å²) in [5.74, 6) is 0.569. The zero-order chi connectivity index (χ0) is 14.5. The van der Waals surface area contributed by atoms with E-state index in [2.05, 4.69) is 61.0 Å². The molecule has 3 unspecified atom stereocenters. The molecular formula is C17H29N3. The summed E-state index contributed by atoms with van der Waals surface area (Å²) in [6.07, 6.45) is 1.15. The number of nitrogens with zero attached hydrogens (tertiary/aromatic N) is 2. The highest BCUT2D eigenvalue weighted by Gasteiger charge is 2.26. The molecule has 1 aromatic rings. The molecule has 1 fully saturated rings. The molecule has 0 bridgehead atoms. The Balaban J connectivity index is 1.95. The number of nitrogens with two attached hydrogens (primary N) is 1. The van der Waals surface area contributed by atoms with Crippen molar-refractivity contribution in [3.63, 3.8) is 0 Å². The molecule has 1 saturated heterocycles. The lowest BCUT2D eigenvalue weighted by Crippen LogP contribution is -2.55. The average Bonchev–Trinajstić information content (AvgIpc) is 2.48. The first-order chi connectivity index (χ1) is 9.61. The van der Waals surface area contributed by atoms with Crippen molar-refractivity contribution < 1.29 is 0 Å². The highest BCUT2D eigenvalue weighted by Crippen LogP contribution is 2.23. The molecular weight excluding hydrogens is 246 g/mol. The van der Waals surface area contributed by atoms with Crippen molar-refractivity contribution in [2.45, 2.75) is 38.3 Å². The Morgan fingerprint density at radius 2 is 1.95 bits per heavy atom. The van der Waals surface area contributed by atoms with Crippen molar-refractivity contribution in [2.24, 2.45) is 5.73 Å². The van der Waals surface area contributed by atoms with E-state index in [0.717, 1.165) is 32.6 Å². The molecule has 0 aliphatic carbocycles. The number of piperazine rings is 1. The van der Waals surface area contributed by atoms with Crippen LogP contribution in [-0.4, -0.2) is 55.1 Å². The van der Waals surface area contributed by atoms with Crippen molar-refractivity contribution >= 4 is 0 Å². The van der Waals surface area contributed by atoms with Gasteiger partial charge in [0.05, 0.1) is 0 Å². The maximum atomic E-state index is 6.05. The van der Waals surface area contributed by atoms with Gasteiger partial charge in [-0.1, -0.05) is 37.3 Å². The molecule has 3 heteroatoms. The van der Waals surface area contributed by atoms with E-state index in [1.54, 1.807) is 0 Å². The van der Waals surface area contributed by atoms with Crippen molar-refractivity contribution in [1.29, 1.82) is 0 Å². The fourth-order valence-electron chi connectivity index (χ4n) is 3.13. The second-order valence-corrected chi connectivity index (χ2v) is 6.26. The van der Waals surface area contributed by atoms with Crippen molar-refractivity contribution in [3.8, 4) is 0 Å². The van der Waals surface area contributed by atoms with Gasteiger partial charge in [0.25, 0.3) is 0 Å². The van der Waals surface area contributed by atoms with Crippen molar-refractivity contribution in [3.05, 3.63) is 35.9 Å². The largest absolute Gasteiger partial charge is 0.329 e. The van der Waals surface area contributed by atoms with Crippen molar-refractivity contribution in [2.75, 3.05) is 33.2 Å². The van der Waals surface area contributed by atoms with E-state index in [1.807, 2.05) is 0 Å². The first-order valence-electron chi connectivity index (χ1n) is 7.81. The Morgan fingerprint density at radius 1 is 1.25 bits per heavy atom. The maximum Gasteiger partial charge on any atom is 0.0225 e. The lowest BCUT2D eigenvalue weighted by atomic mass is 9.92. The molecule has 0 saturated carbocycles. The SMILES string of the molecule is CC(CC(CN)N1CCN(C)C(C)C1)c1ccccc1. The van der Waals surface area contributed by atoms with Gasteiger partial charge in [0.2, 0.25) is 0 Å². The molecule has 3 nitrogen and oxygen atoms in total. The number of likely N-dealkylation sites (N-methyl/N-ethyl adjacent to an activating group) is 1. The summed E-state index contributed by atoms with van der Waals surface area (Å²) in [4.78, 5) is 5.02. The average molecular weight is 275 g/mol. The summed E-state index contributed by atoms with van der Waals surface area (Å²) in [7, 11) is 2.21. The second kappa shape index (κ2) is 7.21. The van der Waals surface area contributed by atoms with Gasteiger partial charge >= 0.3 is 0 Å².